The van der Waals surface area contributed by atoms with Crippen LogP contribution < -0.4 is 5.32 Å². The number of para-hydroxylation sites is 2. The van der Waals surface area contributed by atoms with Crippen LogP contribution in [0.3, 0.4) is 0 Å². The van der Waals surface area contributed by atoms with Crippen LogP contribution in [-0.4, -0.2) is 50.7 Å². The second-order valence-electron chi connectivity index (χ2n) is 6.59. The van der Waals surface area contributed by atoms with Crippen molar-refractivity contribution in [3.63, 3.8) is 0 Å². The standard InChI is InChI=1S/C20H28N6/c1-4-26(5-2)14-8-9-15(3)22-20-19(18-12-13-21-25-18)23-16-10-6-7-11-17(16)24-20/h6-7,10-13,15H,4-5,8-9,14H2,1-3H3,(H,21,25)(H,22,24). The molecule has 0 bridgehead atoms. The Morgan fingerprint density at radius 3 is 2.46 bits per heavy atom. The minimum Gasteiger partial charge on any atom is -0.366 e. The summed E-state index contributed by atoms with van der Waals surface area (Å²) in [5.74, 6) is 0.809. The molecule has 0 aliphatic carbocycles. The van der Waals surface area contributed by atoms with E-state index in [9.17, 15) is 0 Å². The molecule has 2 aromatic heterocycles. The number of hydrogen-bond donors (Lipinski definition) is 2. The Bertz CT molecular complexity index is 810. The Morgan fingerprint density at radius 2 is 1.81 bits per heavy atom. The van der Waals surface area contributed by atoms with Gasteiger partial charge in [0.15, 0.2) is 5.82 Å². The van der Waals surface area contributed by atoms with E-state index in [0.717, 1.165) is 60.7 Å². The van der Waals surface area contributed by atoms with E-state index in [1.54, 1.807) is 6.20 Å². The number of benzene rings is 1. The molecule has 0 saturated heterocycles. The van der Waals surface area contributed by atoms with Crippen molar-refractivity contribution < 1.29 is 0 Å². The smallest absolute Gasteiger partial charge is 0.155 e. The van der Waals surface area contributed by atoms with E-state index in [4.69, 9.17) is 9.97 Å². The highest BCUT2D eigenvalue weighted by atomic mass is 15.1. The first-order valence-corrected chi connectivity index (χ1v) is 9.46. The van der Waals surface area contributed by atoms with Gasteiger partial charge in [0.05, 0.1) is 16.7 Å². The van der Waals surface area contributed by atoms with Crippen LogP contribution >= 0.6 is 0 Å². The van der Waals surface area contributed by atoms with Gasteiger partial charge in [-0.25, -0.2) is 9.97 Å². The van der Waals surface area contributed by atoms with Crippen LogP contribution in [-0.2, 0) is 0 Å². The van der Waals surface area contributed by atoms with Gasteiger partial charge in [-0.2, -0.15) is 5.10 Å². The molecule has 1 unspecified atom stereocenters. The second kappa shape index (κ2) is 8.76. The zero-order valence-electron chi connectivity index (χ0n) is 15.9. The van der Waals surface area contributed by atoms with Crippen LogP contribution in [0.1, 0.15) is 33.6 Å². The monoisotopic (exact) mass is 352 g/mol. The highest BCUT2D eigenvalue weighted by Gasteiger charge is 2.14. The van der Waals surface area contributed by atoms with Crippen molar-refractivity contribution in [2.75, 3.05) is 25.0 Å². The number of aromatic amines is 1. The number of fused-ring (bicyclic) bond motifs is 1. The van der Waals surface area contributed by atoms with Crippen molar-refractivity contribution >= 4 is 16.9 Å². The summed E-state index contributed by atoms with van der Waals surface area (Å²) in [6, 6.07) is 10.2. The molecule has 2 N–H and O–H groups in total. The van der Waals surface area contributed by atoms with E-state index >= 15 is 0 Å². The van der Waals surface area contributed by atoms with Gasteiger partial charge in [-0.15, -0.1) is 0 Å². The highest BCUT2D eigenvalue weighted by molar-refractivity contribution is 5.82. The lowest BCUT2D eigenvalue weighted by Gasteiger charge is -2.20. The molecule has 6 heteroatoms. The third kappa shape index (κ3) is 4.38. The summed E-state index contributed by atoms with van der Waals surface area (Å²) in [7, 11) is 0. The molecule has 1 atom stereocenters. The molecule has 2 heterocycles. The SMILES string of the molecule is CCN(CC)CCCC(C)Nc1nc2ccccc2nc1-c1ccn[nH]1. The maximum atomic E-state index is 4.81. The molecule has 3 rings (SSSR count). The highest BCUT2D eigenvalue weighted by Crippen LogP contribution is 2.26. The van der Waals surface area contributed by atoms with Gasteiger partial charge in [0.1, 0.15) is 5.69 Å². The Balaban J connectivity index is 1.76. The number of rotatable bonds is 9. The van der Waals surface area contributed by atoms with Crippen LogP contribution in [0.4, 0.5) is 5.82 Å². The molecule has 0 radical (unpaired) electrons. The molecule has 1 aromatic carbocycles. The fourth-order valence-electron chi connectivity index (χ4n) is 3.14. The molecule has 3 aromatic rings. The molecule has 0 spiro atoms. The maximum Gasteiger partial charge on any atom is 0.155 e. The third-order valence-corrected chi connectivity index (χ3v) is 4.72. The van der Waals surface area contributed by atoms with Gasteiger partial charge >= 0.3 is 0 Å². The molecule has 0 aliphatic rings. The van der Waals surface area contributed by atoms with E-state index in [-0.39, 0.29) is 0 Å². The minimum atomic E-state index is 0.322. The number of H-pyrrole nitrogens is 1. The van der Waals surface area contributed by atoms with Crippen molar-refractivity contribution in [3.8, 4) is 11.4 Å². The average Bonchev–Trinajstić information content (AvgIpc) is 3.19. The molecular formula is C20H28N6. The van der Waals surface area contributed by atoms with Crippen molar-refractivity contribution in [2.24, 2.45) is 0 Å². The van der Waals surface area contributed by atoms with Crippen molar-refractivity contribution in [1.29, 1.82) is 0 Å². The molecule has 138 valence electrons. The Labute approximate surface area is 155 Å². The number of hydrogen-bond acceptors (Lipinski definition) is 5. The first-order valence-electron chi connectivity index (χ1n) is 9.46. The van der Waals surface area contributed by atoms with E-state index in [0.29, 0.717) is 6.04 Å². The lowest BCUT2D eigenvalue weighted by atomic mass is 10.1. The molecule has 6 nitrogen and oxygen atoms in total. The first-order chi connectivity index (χ1) is 12.7. The number of nitrogens with one attached hydrogen (secondary N) is 2. The normalized spacial score (nSPS) is 12.6. The molecular weight excluding hydrogens is 324 g/mol. The summed E-state index contributed by atoms with van der Waals surface area (Å²) in [6.45, 7) is 9.99. The van der Waals surface area contributed by atoms with Gasteiger partial charge in [0, 0.05) is 12.2 Å². The van der Waals surface area contributed by atoms with Gasteiger partial charge in [0.25, 0.3) is 0 Å². The second-order valence-corrected chi connectivity index (χ2v) is 6.59. The molecule has 0 aliphatic heterocycles. The summed E-state index contributed by atoms with van der Waals surface area (Å²) in [5.41, 5.74) is 3.48. The quantitative estimate of drug-likeness (QED) is 0.610. The Kier molecular flexibility index (Phi) is 6.17. The molecule has 0 saturated carbocycles. The van der Waals surface area contributed by atoms with Crippen molar-refractivity contribution in [3.05, 3.63) is 36.5 Å². The fraction of sp³-hybridized carbons (Fsp3) is 0.450. The lowest BCUT2D eigenvalue weighted by molar-refractivity contribution is 0.295. The van der Waals surface area contributed by atoms with Gasteiger partial charge in [0.2, 0.25) is 0 Å². The predicted octanol–water partition coefficient (Wildman–Crippen LogP) is 3.94. The van der Waals surface area contributed by atoms with E-state index in [1.165, 1.54) is 0 Å². The van der Waals surface area contributed by atoms with Crippen LogP contribution in [0.15, 0.2) is 36.5 Å². The first kappa shape index (κ1) is 18.3. The van der Waals surface area contributed by atoms with Crippen LogP contribution in [0.2, 0.25) is 0 Å². The minimum absolute atomic E-state index is 0.322. The van der Waals surface area contributed by atoms with Gasteiger partial charge in [-0.3, -0.25) is 5.10 Å². The van der Waals surface area contributed by atoms with Gasteiger partial charge in [-0.05, 0) is 57.6 Å². The number of anilines is 1. The summed E-state index contributed by atoms with van der Waals surface area (Å²) in [6.07, 6.45) is 3.99. The molecule has 26 heavy (non-hydrogen) atoms. The van der Waals surface area contributed by atoms with Gasteiger partial charge < -0.3 is 10.2 Å². The van der Waals surface area contributed by atoms with Crippen molar-refractivity contribution in [1.82, 2.24) is 25.1 Å². The number of nitrogens with zero attached hydrogens (tertiary/aromatic N) is 4. The van der Waals surface area contributed by atoms with E-state index in [1.807, 2.05) is 30.3 Å². The zero-order chi connectivity index (χ0) is 18.4. The summed E-state index contributed by atoms with van der Waals surface area (Å²) in [5, 5.41) is 10.6. The summed E-state index contributed by atoms with van der Waals surface area (Å²) < 4.78 is 0. The topological polar surface area (TPSA) is 69.7 Å². The van der Waals surface area contributed by atoms with Gasteiger partial charge in [-0.1, -0.05) is 26.0 Å². The lowest BCUT2D eigenvalue weighted by Crippen LogP contribution is -2.26. The Hall–Kier alpha value is -2.47. The summed E-state index contributed by atoms with van der Waals surface area (Å²) in [4.78, 5) is 12.1. The van der Waals surface area contributed by atoms with Crippen LogP contribution in [0.25, 0.3) is 22.4 Å². The fourth-order valence-corrected chi connectivity index (χ4v) is 3.14. The van der Waals surface area contributed by atoms with Crippen LogP contribution in [0, 0.1) is 0 Å². The van der Waals surface area contributed by atoms with Crippen LogP contribution in [0.5, 0.6) is 0 Å². The van der Waals surface area contributed by atoms with E-state index in [2.05, 4.69) is 41.2 Å². The van der Waals surface area contributed by atoms with Crippen molar-refractivity contribution in [2.45, 2.75) is 39.7 Å². The maximum absolute atomic E-state index is 4.81. The predicted molar refractivity (Wildman–Crippen MR) is 107 cm³/mol. The average molecular weight is 352 g/mol. The Morgan fingerprint density at radius 1 is 1.08 bits per heavy atom. The molecule has 0 amide bonds. The third-order valence-electron chi connectivity index (χ3n) is 4.72. The zero-order valence-corrected chi connectivity index (χ0v) is 15.9. The largest absolute Gasteiger partial charge is 0.366 e. The number of aromatic nitrogens is 4. The van der Waals surface area contributed by atoms with E-state index < -0.39 is 0 Å². The summed E-state index contributed by atoms with van der Waals surface area (Å²) >= 11 is 0. The molecule has 0 fully saturated rings.